The number of nitrogens with one attached hydrogen (secondary N) is 6. The number of carbonyl (C=O) groups excluding carboxylic acids is 2. The predicted molar refractivity (Wildman–Crippen MR) is 260 cm³/mol. The maximum atomic E-state index is 12.8. The third-order valence-electron chi connectivity index (χ3n) is 10.0. The Hall–Kier alpha value is -7.24. The first-order chi connectivity index (χ1) is 34.2. The molecule has 0 aliphatic heterocycles. The zero-order valence-corrected chi connectivity index (χ0v) is 39.9. The molecule has 17 nitrogen and oxygen atoms in total. The molecule has 0 bridgehead atoms. The largest absolute Gasteiger partial charge is 0.454 e. The Morgan fingerprint density at radius 3 is 1.62 bits per heavy atom. The van der Waals surface area contributed by atoms with Crippen molar-refractivity contribution in [3.63, 3.8) is 0 Å². The third kappa shape index (κ3) is 18.2. The summed E-state index contributed by atoms with van der Waals surface area (Å²) in [6.07, 6.45) is -4.63. The van der Waals surface area contributed by atoms with Crippen molar-refractivity contribution in [2.45, 2.75) is 63.0 Å². The van der Waals surface area contributed by atoms with Gasteiger partial charge in [0.15, 0.2) is 13.2 Å². The molecule has 0 spiro atoms. The summed E-state index contributed by atoms with van der Waals surface area (Å²) in [6, 6.07) is 25.7. The lowest BCUT2D eigenvalue weighted by molar-refractivity contribution is -0.155. The molecule has 2 aromatic heterocycles. The van der Waals surface area contributed by atoms with Gasteiger partial charge in [-0.1, -0.05) is 53.9 Å². The minimum atomic E-state index is -4.57. The normalized spacial score (nSPS) is 12.6. The molecule has 7 rings (SSSR count). The first kappa shape index (κ1) is 54.1. The molecular formula is C46H44Cl3F6N13O4. The number of amides is 1. The lowest BCUT2D eigenvalue weighted by Gasteiger charge is -2.19. The molecule has 26 heteroatoms. The predicted octanol–water partition coefficient (Wildman–Crippen LogP) is 10.7. The molecule has 1 aliphatic rings. The number of aromatic nitrogens is 6. The molecule has 1 saturated carbocycles. The van der Waals surface area contributed by atoms with Gasteiger partial charge < -0.3 is 41.8 Å². The zero-order valence-electron chi connectivity index (χ0n) is 37.6. The van der Waals surface area contributed by atoms with Crippen LogP contribution in [0.4, 0.5) is 61.5 Å². The number of alkyl halides is 6. The van der Waals surface area contributed by atoms with Crippen LogP contribution in [0.1, 0.15) is 70.4 Å². The summed E-state index contributed by atoms with van der Waals surface area (Å²) in [4.78, 5) is 47.8. The molecule has 380 valence electrons. The van der Waals surface area contributed by atoms with Gasteiger partial charge in [0.05, 0.1) is 11.4 Å². The quantitative estimate of drug-likeness (QED) is 0.0110. The van der Waals surface area contributed by atoms with E-state index in [-0.39, 0.29) is 47.6 Å². The minimum Gasteiger partial charge on any atom is -0.454 e. The number of nitrogens with zero attached hydrogens (tertiary/aromatic N) is 6. The zero-order chi connectivity index (χ0) is 51.9. The van der Waals surface area contributed by atoms with Crippen LogP contribution in [0.25, 0.3) is 0 Å². The number of hydrogen-bond acceptors (Lipinski definition) is 15. The summed E-state index contributed by atoms with van der Waals surface area (Å²) in [5, 5.41) is 22.5. The Balaban J connectivity index is 0.000000245. The lowest BCUT2D eigenvalue weighted by atomic mass is 10.1. The van der Waals surface area contributed by atoms with E-state index in [0.29, 0.717) is 39.9 Å². The van der Waals surface area contributed by atoms with Crippen LogP contribution in [0.2, 0.25) is 10.0 Å². The molecule has 72 heavy (non-hydrogen) atoms. The van der Waals surface area contributed by atoms with E-state index >= 15 is 0 Å². The van der Waals surface area contributed by atoms with Crippen LogP contribution in [0.3, 0.4) is 0 Å². The van der Waals surface area contributed by atoms with Crippen LogP contribution in [0, 0.1) is 5.41 Å². The number of anilines is 6. The van der Waals surface area contributed by atoms with E-state index in [1.165, 1.54) is 24.3 Å². The highest BCUT2D eigenvalue weighted by Gasteiger charge is 2.45. The number of carbonyl (C=O) groups is 2. The van der Waals surface area contributed by atoms with Gasteiger partial charge in [0.1, 0.15) is 0 Å². The molecule has 6 aromatic rings. The van der Waals surface area contributed by atoms with Crippen LogP contribution < -0.4 is 41.8 Å². The van der Waals surface area contributed by atoms with Gasteiger partial charge in [-0.3, -0.25) is 15.0 Å². The van der Waals surface area contributed by atoms with Gasteiger partial charge in [-0.2, -0.15) is 56.2 Å². The molecule has 2 heterocycles. The number of rotatable bonds is 22. The maximum Gasteiger partial charge on any atom is 0.422 e. The topological polar surface area (TPSA) is 240 Å². The van der Waals surface area contributed by atoms with Gasteiger partial charge in [-0.25, -0.2) is 0 Å². The average Bonchev–Trinajstić information content (AvgIpc) is 4.11. The van der Waals surface area contributed by atoms with Gasteiger partial charge in [-0.05, 0) is 121 Å². The van der Waals surface area contributed by atoms with Crippen molar-refractivity contribution < 1.29 is 45.4 Å². The number of halogens is 9. The first-order valence-electron chi connectivity index (χ1n) is 21.7. The second-order valence-corrected chi connectivity index (χ2v) is 17.0. The van der Waals surface area contributed by atoms with Crippen LogP contribution in [0.5, 0.6) is 12.0 Å². The lowest BCUT2D eigenvalue weighted by Crippen LogP contribution is -2.24. The highest BCUT2D eigenvalue weighted by atomic mass is 35.5. The molecule has 1 fully saturated rings. The number of amidine groups is 1. The molecule has 0 radical (unpaired) electrons. The van der Waals surface area contributed by atoms with E-state index < -0.39 is 48.4 Å². The fraction of sp³-hybridized carbons (Fsp3) is 0.283. The van der Waals surface area contributed by atoms with E-state index in [0.717, 1.165) is 43.2 Å². The van der Waals surface area contributed by atoms with Gasteiger partial charge in [0, 0.05) is 52.1 Å². The van der Waals surface area contributed by atoms with Gasteiger partial charge >= 0.3 is 24.4 Å². The van der Waals surface area contributed by atoms with Crippen molar-refractivity contribution in [1.29, 1.82) is 5.41 Å². The molecule has 0 saturated heterocycles. The van der Waals surface area contributed by atoms with Crippen LogP contribution in [-0.4, -0.2) is 79.0 Å². The van der Waals surface area contributed by atoms with Crippen molar-refractivity contribution in [3.8, 4) is 12.0 Å². The Labute approximate surface area is 422 Å². The second kappa shape index (κ2) is 24.7. The van der Waals surface area contributed by atoms with Gasteiger partial charge in [0.2, 0.25) is 23.8 Å². The molecular weight excluding hydrogens is 1020 g/mol. The fourth-order valence-electron chi connectivity index (χ4n) is 6.33. The first-order valence-corrected chi connectivity index (χ1v) is 22.8. The summed E-state index contributed by atoms with van der Waals surface area (Å²) in [5.74, 6) is -0.134. The van der Waals surface area contributed by atoms with Crippen molar-refractivity contribution in [1.82, 2.24) is 35.2 Å². The van der Waals surface area contributed by atoms with E-state index in [1.54, 1.807) is 60.7 Å². The second-order valence-electron chi connectivity index (χ2n) is 15.8. The number of benzene rings is 4. The summed E-state index contributed by atoms with van der Waals surface area (Å²) < 4.78 is 85.4. The van der Waals surface area contributed by atoms with Crippen LogP contribution in [0.15, 0.2) is 97.1 Å². The Bertz CT molecular complexity index is 2780. The summed E-state index contributed by atoms with van der Waals surface area (Å²) >= 11 is 17.3. The van der Waals surface area contributed by atoms with Crippen LogP contribution in [-0.2, 0) is 12.1 Å². The summed E-state index contributed by atoms with van der Waals surface area (Å²) in [5.41, 5.74) is 8.33. The van der Waals surface area contributed by atoms with Crippen LogP contribution >= 0.6 is 34.8 Å². The highest BCUT2D eigenvalue weighted by Crippen LogP contribution is 2.48. The smallest absolute Gasteiger partial charge is 0.422 e. The number of ether oxygens (including phenoxy) is 2. The Kier molecular flexibility index (Phi) is 18.6. The average molecular weight is 1060 g/mol. The molecule has 0 atom stereocenters. The summed E-state index contributed by atoms with van der Waals surface area (Å²) in [6.45, 7) is -2.33. The molecule has 4 aromatic carbocycles. The Morgan fingerprint density at radius 2 is 1.12 bits per heavy atom. The molecule has 8 N–H and O–H groups in total. The SMILES string of the molecule is N=C(N)CCCCCNC(=O)c1ccc(Nc2nc(NC3(c4ccc(Cl)cc4)CC3)nc(OCC(F)(F)F)n2)cc1.O=C(Cl)c1ccc(Nc2nc(NCc3ccc(Cl)cc3)nc(OCC(F)(F)F)n2)cc1. The molecule has 1 aliphatic carbocycles. The van der Waals surface area contributed by atoms with Crippen molar-refractivity contribution in [2.75, 3.05) is 41.0 Å². The van der Waals surface area contributed by atoms with Gasteiger partial charge in [0.25, 0.3) is 11.1 Å². The van der Waals surface area contributed by atoms with E-state index in [2.05, 4.69) is 61.2 Å². The maximum absolute atomic E-state index is 12.8. The number of hydrogen-bond donors (Lipinski definition) is 7. The van der Waals surface area contributed by atoms with E-state index in [1.807, 2.05) is 12.1 Å². The summed E-state index contributed by atoms with van der Waals surface area (Å²) in [7, 11) is 0. The minimum absolute atomic E-state index is 0.00261. The molecule has 1 amide bonds. The van der Waals surface area contributed by atoms with Crippen molar-refractivity contribution >= 4 is 87.0 Å². The fourth-order valence-corrected chi connectivity index (χ4v) is 6.71. The van der Waals surface area contributed by atoms with Gasteiger partial charge in [-0.15, -0.1) is 0 Å². The highest BCUT2D eigenvalue weighted by molar-refractivity contribution is 6.67. The Morgan fingerprint density at radius 1 is 0.639 bits per heavy atom. The number of nitrogens with two attached hydrogens (primary N) is 1. The standard InChI is InChI=1S/C27H30ClF3N8O2.C19H14Cl2F3N5O2/c28-19-9-7-18(8-10-19)26(13-14-26)39-24-36-23(37-25(38-24)41-16-27(29,30)31)35-20-11-5-17(6-12-20)22(40)34-15-3-1-2-4-21(32)33;20-13-5-1-11(2-6-13)9-25-16-27-17(29-18(28-16)31-10-19(22,23)24)26-14-7-3-12(4-8-14)15(21)30/h5-12H,1-4,13-16H2,(H3,32,33)(H,34,40)(H2,35,36,37,38,39);1-8H,9-10H2,(H2,25,26,27,28,29). The third-order valence-corrected chi connectivity index (χ3v) is 10.7. The monoisotopic (exact) mass is 1060 g/mol. The van der Waals surface area contributed by atoms with E-state index in [9.17, 15) is 35.9 Å². The van der Waals surface area contributed by atoms with Crippen molar-refractivity contribution in [2.24, 2.45) is 5.73 Å². The molecule has 0 unspecified atom stereocenters. The number of unbranched alkanes of at least 4 members (excludes halogenated alkanes) is 2. The van der Waals surface area contributed by atoms with E-state index in [4.69, 9.17) is 50.7 Å². The van der Waals surface area contributed by atoms with Crippen molar-refractivity contribution in [3.05, 3.63) is 129 Å².